The predicted octanol–water partition coefficient (Wildman–Crippen LogP) is 4.01. The molecule has 2 N–H and O–H groups in total. The van der Waals surface area contributed by atoms with Gasteiger partial charge < -0.3 is 10.5 Å². The normalized spacial score (nSPS) is 9.10. The monoisotopic (exact) mass is 296 g/mol. The average molecular weight is 296 g/mol. The van der Waals surface area contributed by atoms with Gasteiger partial charge in [0.1, 0.15) is 4.83 Å². The first-order valence-corrected chi connectivity index (χ1v) is 7.51. The Kier molecular flexibility index (Phi) is 8.56. The van der Waals surface area contributed by atoms with E-state index in [9.17, 15) is 4.79 Å². The minimum atomic E-state index is 0.431. The van der Waals surface area contributed by atoms with E-state index >= 15 is 0 Å². The first-order valence-electron chi connectivity index (χ1n) is 6.69. The van der Waals surface area contributed by atoms with E-state index in [1.54, 1.807) is 18.3 Å². The SMILES string of the molecule is CC.CCOC=O.Cc1cc(C)c2c(N)c(C)sc2n1. The molecule has 0 aliphatic rings. The maximum absolute atomic E-state index is 9.18. The Morgan fingerprint density at radius 3 is 2.40 bits per heavy atom. The Hall–Kier alpha value is -1.62. The van der Waals surface area contributed by atoms with E-state index in [0.29, 0.717) is 13.1 Å². The van der Waals surface area contributed by atoms with Crippen LogP contribution >= 0.6 is 11.3 Å². The Morgan fingerprint density at radius 1 is 1.35 bits per heavy atom. The van der Waals surface area contributed by atoms with Crippen LogP contribution in [0.15, 0.2) is 6.07 Å². The lowest BCUT2D eigenvalue weighted by Crippen LogP contribution is -1.88. The van der Waals surface area contributed by atoms with E-state index < -0.39 is 0 Å². The van der Waals surface area contributed by atoms with Gasteiger partial charge in [0.2, 0.25) is 0 Å². The summed E-state index contributed by atoms with van der Waals surface area (Å²) in [6, 6.07) is 2.07. The number of thiophene rings is 1. The Labute approximate surface area is 125 Å². The van der Waals surface area contributed by atoms with E-state index in [0.717, 1.165) is 26.5 Å². The number of nitrogen functional groups attached to an aromatic ring is 1. The largest absolute Gasteiger partial charge is 0.468 e. The minimum absolute atomic E-state index is 0.431. The lowest BCUT2D eigenvalue weighted by Gasteiger charge is -1.99. The highest BCUT2D eigenvalue weighted by Crippen LogP contribution is 2.33. The number of pyridine rings is 1. The van der Waals surface area contributed by atoms with Crippen LogP contribution in [-0.4, -0.2) is 18.1 Å². The summed E-state index contributed by atoms with van der Waals surface area (Å²) in [5, 5.41) is 1.13. The quantitative estimate of drug-likeness (QED) is 0.850. The summed E-state index contributed by atoms with van der Waals surface area (Å²) in [4.78, 5) is 15.9. The fourth-order valence-corrected chi connectivity index (χ4v) is 2.71. The van der Waals surface area contributed by atoms with Crippen LogP contribution in [0.5, 0.6) is 0 Å². The maximum atomic E-state index is 9.18. The summed E-state index contributed by atoms with van der Waals surface area (Å²) in [7, 11) is 0. The molecular formula is C15H24N2O2S. The molecular weight excluding hydrogens is 272 g/mol. The first kappa shape index (κ1) is 18.4. The number of carbonyl (C=O) groups excluding carboxylic acids is 1. The van der Waals surface area contributed by atoms with Crippen LogP contribution in [0.3, 0.4) is 0 Å². The van der Waals surface area contributed by atoms with Crippen molar-refractivity contribution < 1.29 is 9.53 Å². The number of nitrogens with two attached hydrogens (primary N) is 1. The summed E-state index contributed by atoms with van der Waals surface area (Å²) in [6.07, 6.45) is 0. The second kappa shape index (κ2) is 9.31. The van der Waals surface area contributed by atoms with E-state index in [-0.39, 0.29) is 0 Å². The molecule has 0 amide bonds. The van der Waals surface area contributed by atoms with Gasteiger partial charge in [-0.3, -0.25) is 4.79 Å². The van der Waals surface area contributed by atoms with Crippen molar-refractivity contribution in [3.63, 3.8) is 0 Å². The molecule has 0 fully saturated rings. The van der Waals surface area contributed by atoms with Crippen LogP contribution < -0.4 is 5.73 Å². The molecule has 0 radical (unpaired) electrons. The van der Waals surface area contributed by atoms with Crippen LogP contribution in [0.4, 0.5) is 5.69 Å². The Morgan fingerprint density at radius 2 is 1.95 bits per heavy atom. The lowest BCUT2D eigenvalue weighted by molar-refractivity contribution is -0.128. The molecule has 5 heteroatoms. The molecule has 0 aliphatic carbocycles. The standard InChI is InChI=1S/C10H12N2S.C3H6O2.C2H6/c1-5-4-6(2)12-10-8(5)9(11)7(3)13-10;1-2-5-3-4;1-2/h4H,11H2,1-3H3;3H,2H2,1H3;1-2H3. The number of nitrogens with zero attached hydrogens (tertiary/aromatic N) is 1. The zero-order valence-corrected chi connectivity index (χ0v) is 13.9. The number of anilines is 1. The summed E-state index contributed by atoms with van der Waals surface area (Å²) < 4.78 is 4.15. The van der Waals surface area contributed by atoms with Gasteiger partial charge in [0.15, 0.2) is 0 Å². The summed E-state index contributed by atoms with van der Waals surface area (Å²) in [5.74, 6) is 0. The molecule has 2 rings (SSSR count). The fraction of sp³-hybridized carbons (Fsp3) is 0.467. The topological polar surface area (TPSA) is 65.2 Å². The highest BCUT2D eigenvalue weighted by atomic mass is 32.1. The van der Waals surface area contributed by atoms with E-state index in [1.165, 1.54) is 5.56 Å². The van der Waals surface area contributed by atoms with Crippen LogP contribution in [0.1, 0.15) is 36.9 Å². The van der Waals surface area contributed by atoms with Crippen molar-refractivity contribution in [3.8, 4) is 0 Å². The van der Waals surface area contributed by atoms with E-state index in [4.69, 9.17) is 5.73 Å². The Balaban J connectivity index is 0.000000441. The molecule has 0 saturated carbocycles. The zero-order valence-electron chi connectivity index (χ0n) is 13.1. The van der Waals surface area contributed by atoms with Crippen LogP contribution in [0.25, 0.3) is 10.2 Å². The number of hydrogen-bond donors (Lipinski definition) is 1. The van der Waals surface area contributed by atoms with E-state index in [1.807, 2.05) is 27.7 Å². The van der Waals surface area contributed by atoms with Crippen LogP contribution in [-0.2, 0) is 9.53 Å². The van der Waals surface area contributed by atoms with Crippen LogP contribution in [0, 0.1) is 20.8 Å². The number of aryl methyl sites for hydroxylation is 3. The molecule has 112 valence electrons. The maximum Gasteiger partial charge on any atom is 0.293 e. The van der Waals surface area contributed by atoms with Gasteiger partial charge in [-0.05, 0) is 39.3 Å². The van der Waals surface area contributed by atoms with Gasteiger partial charge >= 0.3 is 0 Å². The van der Waals surface area contributed by atoms with Gasteiger partial charge in [0, 0.05) is 16.0 Å². The summed E-state index contributed by atoms with van der Waals surface area (Å²) in [5.41, 5.74) is 9.14. The second-order valence-corrected chi connectivity index (χ2v) is 5.09. The van der Waals surface area contributed by atoms with Crippen molar-refractivity contribution >= 4 is 33.7 Å². The summed E-state index contributed by atoms with van der Waals surface area (Å²) >= 11 is 1.67. The van der Waals surface area contributed by atoms with E-state index in [2.05, 4.69) is 22.7 Å². The molecule has 0 bridgehead atoms. The number of fused-ring (bicyclic) bond motifs is 1. The predicted molar refractivity (Wildman–Crippen MR) is 87.3 cm³/mol. The van der Waals surface area contributed by atoms with Crippen molar-refractivity contribution in [2.75, 3.05) is 12.3 Å². The molecule has 2 heterocycles. The Bertz CT molecular complexity index is 550. The van der Waals surface area contributed by atoms with Gasteiger partial charge in [0.05, 0.1) is 12.3 Å². The van der Waals surface area contributed by atoms with Crippen LogP contribution in [0.2, 0.25) is 0 Å². The number of ether oxygens (including phenoxy) is 1. The van der Waals surface area contributed by atoms with Crippen molar-refractivity contribution in [3.05, 3.63) is 22.2 Å². The van der Waals surface area contributed by atoms with Crippen molar-refractivity contribution in [1.82, 2.24) is 4.98 Å². The highest BCUT2D eigenvalue weighted by Gasteiger charge is 2.09. The third kappa shape index (κ3) is 4.81. The average Bonchev–Trinajstić information content (AvgIpc) is 2.69. The molecule has 4 nitrogen and oxygen atoms in total. The molecule has 0 spiro atoms. The molecule has 0 saturated heterocycles. The number of carbonyl (C=O) groups is 1. The van der Waals surface area contributed by atoms with Gasteiger partial charge in [-0.25, -0.2) is 4.98 Å². The smallest absolute Gasteiger partial charge is 0.293 e. The third-order valence-corrected chi connectivity index (χ3v) is 3.46. The molecule has 0 aromatic carbocycles. The number of hydrogen-bond acceptors (Lipinski definition) is 5. The van der Waals surface area contributed by atoms with Gasteiger partial charge in [-0.2, -0.15) is 0 Å². The zero-order chi connectivity index (χ0) is 15.7. The minimum Gasteiger partial charge on any atom is -0.468 e. The van der Waals surface area contributed by atoms with Crippen molar-refractivity contribution in [1.29, 1.82) is 0 Å². The molecule has 2 aromatic rings. The molecule has 0 unspecified atom stereocenters. The van der Waals surface area contributed by atoms with Crippen molar-refractivity contribution in [2.45, 2.75) is 41.5 Å². The van der Waals surface area contributed by atoms with Gasteiger partial charge in [-0.1, -0.05) is 13.8 Å². The fourth-order valence-electron chi connectivity index (χ4n) is 1.65. The second-order valence-electron chi connectivity index (χ2n) is 3.88. The summed E-state index contributed by atoms with van der Waals surface area (Å²) in [6.45, 7) is 12.8. The molecule has 0 atom stereocenters. The van der Waals surface area contributed by atoms with Gasteiger partial charge in [-0.15, -0.1) is 11.3 Å². The molecule has 20 heavy (non-hydrogen) atoms. The third-order valence-electron chi connectivity index (χ3n) is 2.44. The number of rotatable bonds is 2. The van der Waals surface area contributed by atoms with Crippen molar-refractivity contribution in [2.24, 2.45) is 0 Å². The molecule has 2 aromatic heterocycles. The number of aromatic nitrogens is 1. The lowest BCUT2D eigenvalue weighted by atomic mass is 10.1. The first-order chi connectivity index (χ1) is 9.51. The highest BCUT2D eigenvalue weighted by molar-refractivity contribution is 7.19. The molecule has 0 aliphatic heterocycles. The van der Waals surface area contributed by atoms with Gasteiger partial charge in [0.25, 0.3) is 6.47 Å².